The average Bonchev–Trinajstić information content (AvgIpc) is 2.46. The van der Waals surface area contributed by atoms with Gasteiger partial charge in [0.05, 0.1) is 22.8 Å². The first-order valence-electron chi connectivity index (χ1n) is 6.22. The van der Waals surface area contributed by atoms with Crippen molar-refractivity contribution in [3.8, 4) is 0 Å². The molecular weight excluding hydrogens is 322 g/mol. The van der Waals surface area contributed by atoms with E-state index in [0.29, 0.717) is 0 Å². The lowest BCUT2D eigenvalue weighted by atomic mass is 10.0. The summed E-state index contributed by atoms with van der Waals surface area (Å²) in [5, 5.41) is 14.2. The molecule has 0 aliphatic rings. The van der Waals surface area contributed by atoms with Gasteiger partial charge in [0.25, 0.3) is 5.69 Å². The number of nitro benzene ring substituents is 1. The van der Waals surface area contributed by atoms with E-state index < -0.39 is 0 Å². The summed E-state index contributed by atoms with van der Waals surface area (Å²) in [4.78, 5) is 14.6. The van der Waals surface area contributed by atoms with Gasteiger partial charge < -0.3 is 5.32 Å². The van der Waals surface area contributed by atoms with Gasteiger partial charge in [-0.05, 0) is 40.0 Å². The van der Waals surface area contributed by atoms with Gasteiger partial charge in [-0.3, -0.25) is 10.1 Å². The Morgan fingerprint density at radius 1 is 1.40 bits per heavy atom. The zero-order valence-corrected chi connectivity index (χ0v) is 12.5. The Morgan fingerprint density at radius 3 is 2.80 bits per heavy atom. The van der Waals surface area contributed by atoms with Crippen LogP contribution in [0.4, 0.5) is 11.4 Å². The molecule has 6 heteroatoms. The molecule has 0 radical (unpaired) electrons. The number of halogens is 1. The van der Waals surface area contributed by atoms with Crippen LogP contribution >= 0.6 is 15.9 Å². The summed E-state index contributed by atoms with van der Waals surface area (Å²) in [6.45, 7) is 2.03. The van der Waals surface area contributed by atoms with Gasteiger partial charge in [0.1, 0.15) is 4.60 Å². The number of nitrogens with zero attached hydrogens (tertiary/aromatic N) is 2. The maximum Gasteiger partial charge on any atom is 0.269 e. The molecule has 2 aromatic rings. The van der Waals surface area contributed by atoms with Crippen LogP contribution in [0.2, 0.25) is 0 Å². The van der Waals surface area contributed by atoms with E-state index in [9.17, 15) is 10.1 Å². The molecule has 5 nitrogen and oxygen atoms in total. The van der Waals surface area contributed by atoms with E-state index in [2.05, 4.69) is 26.2 Å². The van der Waals surface area contributed by atoms with E-state index in [4.69, 9.17) is 0 Å². The number of non-ortho nitro benzene ring substituents is 1. The summed E-state index contributed by atoms with van der Waals surface area (Å²) in [7, 11) is 0. The molecule has 1 N–H and O–H groups in total. The molecule has 0 aliphatic heterocycles. The van der Waals surface area contributed by atoms with Gasteiger partial charge in [0.15, 0.2) is 0 Å². The minimum atomic E-state index is -0.378. The number of rotatable bonds is 5. The monoisotopic (exact) mass is 335 g/mol. The highest BCUT2D eigenvalue weighted by molar-refractivity contribution is 9.10. The number of nitro groups is 1. The Morgan fingerprint density at radius 2 is 2.20 bits per heavy atom. The van der Waals surface area contributed by atoms with Crippen LogP contribution in [0.1, 0.15) is 24.9 Å². The molecule has 0 bridgehead atoms. The second-order valence-corrected chi connectivity index (χ2v) is 5.14. The van der Waals surface area contributed by atoms with Gasteiger partial charge in [0.2, 0.25) is 0 Å². The molecule has 104 valence electrons. The molecule has 0 aliphatic carbocycles. The summed E-state index contributed by atoms with van der Waals surface area (Å²) >= 11 is 3.29. The van der Waals surface area contributed by atoms with Crippen LogP contribution in [-0.2, 0) is 0 Å². The van der Waals surface area contributed by atoms with E-state index in [1.54, 1.807) is 18.3 Å². The summed E-state index contributed by atoms with van der Waals surface area (Å²) in [5.41, 5.74) is 1.88. The number of anilines is 1. The lowest BCUT2D eigenvalue weighted by Crippen LogP contribution is -2.10. The summed E-state index contributed by atoms with van der Waals surface area (Å²) in [6, 6.07) is 10.5. The lowest BCUT2D eigenvalue weighted by Gasteiger charge is -2.18. The van der Waals surface area contributed by atoms with Gasteiger partial charge in [-0.1, -0.05) is 19.1 Å². The van der Waals surface area contributed by atoms with Crippen molar-refractivity contribution in [1.29, 1.82) is 0 Å². The lowest BCUT2D eigenvalue weighted by molar-refractivity contribution is -0.384. The fourth-order valence-corrected chi connectivity index (χ4v) is 2.17. The third-order valence-electron chi connectivity index (χ3n) is 2.96. The molecule has 0 saturated heterocycles. The predicted octanol–water partition coefficient (Wildman–Crippen LogP) is 4.32. The molecule has 1 unspecified atom stereocenters. The standard InChI is InChI=1S/C14H14BrN3O2/c1-2-13(17-11-6-7-14(15)16-9-11)10-4-3-5-12(8-10)18(19)20/h3-9,13,17H,2H2,1H3. The van der Waals surface area contributed by atoms with Gasteiger partial charge >= 0.3 is 0 Å². The van der Waals surface area contributed by atoms with Crippen LogP contribution in [0.15, 0.2) is 47.2 Å². The second kappa shape index (κ2) is 6.47. The van der Waals surface area contributed by atoms with Gasteiger partial charge in [0, 0.05) is 12.1 Å². The molecule has 1 heterocycles. The quantitative estimate of drug-likeness (QED) is 0.502. The SMILES string of the molecule is CCC(Nc1ccc(Br)nc1)c1cccc([N+](=O)[O-])c1. The van der Waals surface area contributed by atoms with E-state index >= 15 is 0 Å². The number of hydrogen-bond acceptors (Lipinski definition) is 4. The van der Waals surface area contributed by atoms with E-state index in [1.165, 1.54) is 6.07 Å². The summed E-state index contributed by atoms with van der Waals surface area (Å²) < 4.78 is 0.770. The zero-order valence-electron chi connectivity index (χ0n) is 10.9. The van der Waals surface area contributed by atoms with Crippen LogP contribution in [-0.4, -0.2) is 9.91 Å². The van der Waals surface area contributed by atoms with Crippen molar-refractivity contribution in [3.05, 3.63) is 62.9 Å². The van der Waals surface area contributed by atoms with Crippen molar-refractivity contribution in [3.63, 3.8) is 0 Å². The Labute approximate surface area is 125 Å². The largest absolute Gasteiger partial charge is 0.377 e. The third-order valence-corrected chi connectivity index (χ3v) is 3.43. The maximum absolute atomic E-state index is 10.8. The van der Waals surface area contributed by atoms with Crippen LogP contribution in [0.5, 0.6) is 0 Å². The van der Waals surface area contributed by atoms with Crippen molar-refractivity contribution < 1.29 is 4.92 Å². The van der Waals surface area contributed by atoms with Crippen molar-refractivity contribution in [2.75, 3.05) is 5.32 Å². The molecule has 0 spiro atoms. The van der Waals surface area contributed by atoms with E-state index in [0.717, 1.165) is 22.3 Å². The molecule has 1 aromatic carbocycles. The number of benzene rings is 1. The molecule has 1 atom stereocenters. The molecule has 2 rings (SSSR count). The molecule has 20 heavy (non-hydrogen) atoms. The fraction of sp³-hybridized carbons (Fsp3) is 0.214. The molecule has 0 amide bonds. The van der Waals surface area contributed by atoms with E-state index in [-0.39, 0.29) is 16.7 Å². The van der Waals surface area contributed by atoms with Crippen LogP contribution in [0.3, 0.4) is 0 Å². The minimum absolute atomic E-state index is 0.0119. The molecular formula is C14H14BrN3O2. The highest BCUT2D eigenvalue weighted by atomic mass is 79.9. The zero-order chi connectivity index (χ0) is 14.5. The van der Waals surface area contributed by atoms with Gasteiger partial charge in [-0.25, -0.2) is 4.98 Å². The van der Waals surface area contributed by atoms with Crippen molar-refractivity contribution in [1.82, 2.24) is 4.98 Å². The summed E-state index contributed by atoms with van der Waals surface area (Å²) in [5.74, 6) is 0. The fourth-order valence-electron chi connectivity index (χ4n) is 1.94. The Balaban J connectivity index is 2.21. The maximum atomic E-state index is 10.8. The van der Waals surface area contributed by atoms with Crippen LogP contribution < -0.4 is 5.32 Å². The van der Waals surface area contributed by atoms with E-state index in [1.807, 2.05) is 25.1 Å². The number of hydrogen-bond donors (Lipinski definition) is 1. The van der Waals surface area contributed by atoms with Crippen molar-refractivity contribution in [2.24, 2.45) is 0 Å². The van der Waals surface area contributed by atoms with Gasteiger partial charge in [-0.15, -0.1) is 0 Å². The number of aromatic nitrogens is 1. The Kier molecular flexibility index (Phi) is 4.68. The number of nitrogens with one attached hydrogen (secondary N) is 1. The highest BCUT2D eigenvalue weighted by Crippen LogP contribution is 2.25. The highest BCUT2D eigenvalue weighted by Gasteiger charge is 2.13. The minimum Gasteiger partial charge on any atom is -0.377 e. The molecule has 0 fully saturated rings. The van der Waals surface area contributed by atoms with Crippen LogP contribution in [0, 0.1) is 10.1 Å². The third kappa shape index (κ3) is 3.54. The number of pyridine rings is 1. The molecule has 1 aromatic heterocycles. The average molecular weight is 336 g/mol. The Bertz CT molecular complexity index is 602. The predicted molar refractivity (Wildman–Crippen MR) is 81.7 cm³/mol. The normalized spacial score (nSPS) is 11.9. The van der Waals surface area contributed by atoms with Crippen LogP contribution in [0.25, 0.3) is 0 Å². The second-order valence-electron chi connectivity index (χ2n) is 4.33. The smallest absolute Gasteiger partial charge is 0.269 e. The first-order chi connectivity index (χ1) is 9.60. The first-order valence-corrected chi connectivity index (χ1v) is 7.02. The van der Waals surface area contributed by atoms with Gasteiger partial charge in [-0.2, -0.15) is 0 Å². The Hall–Kier alpha value is -1.95. The topological polar surface area (TPSA) is 68.1 Å². The summed E-state index contributed by atoms with van der Waals surface area (Å²) in [6.07, 6.45) is 2.54. The van der Waals surface area contributed by atoms with Crippen molar-refractivity contribution >= 4 is 27.3 Å². The molecule has 0 saturated carbocycles. The van der Waals surface area contributed by atoms with Crippen molar-refractivity contribution in [2.45, 2.75) is 19.4 Å². The first kappa shape index (κ1) is 14.5.